The van der Waals surface area contributed by atoms with Gasteiger partial charge in [0.15, 0.2) is 11.6 Å². The Morgan fingerprint density at radius 3 is 2.50 bits per heavy atom. The first-order valence-electron chi connectivity index (χ1n) is 5.94. The van der Waals surface area contributed by atoms with Crippen molar-refractivity contribution >= 4 is 28.6 Å². The lowest BCUT2D eigenvalue weighted by Gasteiger charge is -2.27. The Morgan fingerprint density at radius 2 is 1.94 bits per heavy atom. The molecule has 100 valence electrons. The molecule has 1 aromatic carbocycles. The third-order valence-corrected chi connectivity index (χ3v) is 4.75. The van der Waals surface area contributed by atoms with Crippen molar-refractivity contribution in [1.29, 1.82) is 0 Å². The Kier molecular flexibility index (Phi) is 4.54. The lowest BCUT2D eigenvalue weighted by atomic mass is 9.90. The molecule has 0 aromatic heterocycles. The highest BCUT2D eigenvalue weighted by Crippen LogP contribution is 2.40. The van der Waals surface area contributed by atoms with Crippen LogP contribution in [-0.4, -0.2) is 12.4 Å². The zero-order valence-corrected chi connectivity index (χ0v) is 12.4. The molecule has 0 saturated heterocycles. The van der Waals surface area contributed by atoms with Crippen molar-refractivity contribution in [1.82, 2.24) is 0 Å². The second kappa shape index (κ2) is 5.78. The number of hydrogen-bond acceptors (Lipinski definition) is 2. The molecule has 0 radical (unpaired) electrons. The second-order valence-electron chi connectivity index (χ2n) is 4.85. The van der Waals surface area contributed by atoms with Crippen LogP contribution in [0.15, 0.2) is 16.6 Å². The number of hydrogen-bond donors (Lipinski definition) is 1. The van der Waals surface area contributed by atoms with Gasteiger partial charge in [-0.2, -0.15) is 12.6 Å². The molecule has 1 nitrogen and oxygen atoms in total. The number of halogens is 3. The Balaban J connectivity index is 2.10. The standard InChI is InChI=1S/C13H15BrF2OS/c14-10-5-9(15)6-11(16)12(10)17-7-13(8-18)3-1-2-4-13/h5-6,18H,1-4,7-8H2. The van der Waals surface area contributed by atoms with E-state index in [1.165, 1.54) is 6.07 Å². The minimum atomic E-state index is -0.672. The van der Waals surface area contributed by atoms with Crippen LogP contribution in [0.5, 0.6) is 5.75 Å². The molecule has 0 unspecified atom stereocenters. The smallest absolute Gasteiger partial charge is 0.169 e. The van der Waals surface area contributed by atoms with Crippen LogP contribution in [0.3, 0.4) is 0 Å². The highest BCUT2D eigenvalue weighted by Gasteiger charge is 2.33. The van der Waals surface area contributed by atoms with Gasteiger partial charge in [0.1, 0.15) is 5.82 Å². The van der Waals surface area contributed by atoms with Gasteiger partial charge in [-0.05, 0) is 40.6 Å². The van der Waals surface area contributed by atoms with Crippen LogP contribution < -0.4 is 4.74 Å². The Labute approximate surface area is 119 Å². The van der Waals surface area contributed by atoms with E-state index in [1.807, 2.05) is 0 Å². The van der Waals surface area contributed by atoms with Crippen molar-refractivity contribution < 1.29 is 13.5 Å². The molecule has 1 aromatic rings. The van der Waals surface area contributed by atoms with E-state index in [0.717, 1.165) is 37.5 Å². The van der Waals surface area contributed by atoms with E-state index in [2.05, 4.69) is 28.6 Å². The van der Waals surface area contributed by atoms with Crippen molar-refractivity contribution in [2.75, 3.05) is 12.4 Å². The van der Waals surface area contributed by atoms with Crippen molar-refractivity contribution in [3.8, 4) is 5.75 Å². The fourth-order valence-corrected chi connectivity index (χ4v) is 3.30. The SMILES string of the molecule is Fc1cc(F)c(OCC2(CS)CCCC2)c(Br)c1. The highest BCUT2D eigenvalue weighted by molar-refractivity contribution is 9.10. The third kappa shape index (κ3) is 2.99. The van der Waals surface area contributed by atoms with Crippen LogP contribution in [0, 0.1) is 17.0 Å². The van der Waals surface area contributed by atoms with Crippen molar-refractivity contribution in [2.45, 2.75) is 25.7 Å². The first-order valence-corrected chi connectivity index (χ1v) is 7.37. The Hall–Kier alpha value is -0.290. The summed E-state index contributed by atoms with van der Waals surface area (Å²) in [6.45, 7) is 0.428. The molecule has 1 saturated carbocycles. The van der Waals surface area contributed by atoms with Gasteiger partial charge in [-0.25, -0.2) is 8.78 Å². The summed E-state index contributed by atoms with van der Waals surface area (Å²) in [4.78, 5) is 0. The molecule has 1 fully saturated rings. The quantitative estimate of drug-likeness (QED) is 0.791. The minimum Gasteiger partial charge on any atom is -0.489 e. The topological polar surface area (TPSA) is 9.23 Å². The van der Waals surface area contributed by atoms with Gasteiger partial charge >= 0.3 is 0 Å². The normalized spacial score (nSPS) is 18.0. The first-order chi connectivity index (χ1) is 8.56. The molecule has 0 bridgehead atoms. The molecule has 1 aliphatic rings. The van der Waals surface area contributed by atoms with Crippen LogP contribution in [-0.2, 0) is 0 Å². The molecule has 0 spiro atoms. The zero-order valence-electron chi connectivity index (χ0n) is 9.89. The highest BCUT2D eigenvalue weighted by atomic mass is 79.9. The first kappa shape index (κ1) is 14.1. The summed E-state index contributed by atoms with van der Waals surface area (Å²) in [7, 11) is 0. The van der Waals surface area contributed by atoms with Crippen molar-refractivity contribution in [2.24, 2.45) is 5.41 Å². The summed E-state index contributed by atoms with van der Waals surface area (Å²) in [5, 5.41) is 0. The van der Waals surface area contributed by atoms with E-state index >= 15 is 0 Å². The summed E-state index contributed by atoms with van der Waals surface area (Å²) >= 11 is 7.49. The summed E-state index contributed by atoms with van der Waals surface area (Å²) in [6, 6.07) is 2.04. The van der Waals surface area contributed by atoms with Gasteiger partial charge < -0.3 is 4.74 Å². The van der Waals surface area contributed by atoms with Gasteiger partial charge in [-0.3, -0.25) is 0 Å². The van der Waals surface area contributed by atoms with Crippen LogP contribution >= 0.6 is 28.6 Å². The van der Waals surface area contributed by atoms with E-state index in [9.17, 15) is 8.78 Å². The number of benzene rings is 1. The van der Waals surface area contributed by atoms with Gasteiger partial charge in [0.05, 0.1) is 11.1 Å². The van der Waals surface area contributed by atoms with Crippen LogP contribution in [0.25, 0.3) is 0 Å². The Bertz CT molecular complexity index is 410. The Morgan fingerprint density at radius 1 is 1.28 bits per heavy atom. The van der Waals surface area contributed by atoms with Crippen LogP contribution in [0.1, 0.15) is 25.7 Å². The molecular formula is C13H15BrF2OS. The summed E-state index contributed by atoms with van der Waals surface area (Å²) in [5.74, 6) is -0.469. The second-order valence-corrected chi connectivity index (χ2v) is 6.02. The predicted octanol–water partition coefficient (Wildman–Crippen LogP) is 4.60. The molecule has 5 heteroatoms. The molecule has 0 aliphatic heterocycles. The molecule has 0 heterocycles. The molecule has 1 aliphatic carbocycles. The van der Waals surface area contributed by atoms with Gasteiger partial charge in [-0.1, -0.05) is 12.8 Å². The lowest BCUT2D eigenvalue weighted by molar-refractivity contribution is 0.166. The lowest BCUT2D eigenvalue weighted by Crippen LogP contribution is -2.27. The summed E-state index contributed by atoms with van der Waals surface area (Å²) in [6.07, 6.45) is 4.43. The molecule has 0 N–H and O–H groups in total. The van der Waals surface area contributed by atoms with E-state index in [1.54, 1.807) is 0 Å². The monoisotopic (exact) mass is 336 g/mol. The summed E-state index contributed by atoms with van der Waals surface area (Å²) in [5.41, 5.74) is 0.0311. The average Bonchev–Trinajstić information content (AvgIpc) is 2.77. The van der Waals surface area contributed by atoms with Crippen LogP contribution in [0.4, 0.5) is 8.78 Å². The van der Waals surface area contributed by atoms with Crippen molar-refractivity contribution in [3.05, 3.63) is 28.2 Å². The molecular weight excluding hydrogens is 322 g/mol. The molecule has 18 heavy (non-hydrogen) atoms. The molecule has 0 atom stereocenters. The van der Waals surface area contributed by atoms with E-state index in [-0.39, 0.29) is 11.2 Å². The third-order valence-electron chi connectivity index (χ3n) is 3.49. The van der Waals surface area contributed by atoms with E-state index in [4.69, 9.17) is 4.74 Å². The van der Waals surface area contributed by atoms with Gasteiger partial charge in [0.25, 0.3) is 0 Å². The predicted molar refractivity (Wildman–Crippen MR) is 74.3 cm³/mol. The number of ether oxygens (including phenoxy) is 1. The van der Waals surface area contributed by atoms with Crippen molar-refractivity contribution in [3.63, 3.8) is 0 Å². The van der Waals surface area contributed by atoms with E-state index < -0.39 is 11.6 Å². The average molecular weight is 337 g/mol. The largest absolute Gasteiger partial charge is 0.489 e. The van der Waals surface area contributed by atoms with Gasteiger partial charge in [0, 0.05) is 11.5 Å². The maximum absolute atomic E-state index is 13.6. The zero-order chi connectivity index (χ0) is 13.2. The van der Waals surface area contributed by atoms with Gasteiger partial charge in [0.2, 0.25) is 0 Å². The summed E-state index contributed by atoms with van der Waals surface area (Å²) < 4.78 is 32.4. The molecule has 2 rings (SSSR count). The minimum absolute atomic E-state index is 0.0311. The maximum atomic E-state index is 13.6. The molecule has 0 amide bonds. The maximum Gasteiger partial charge on any atom is 0.169 e. The van der Waals surface area contributed by atoms with E-state index in [0.29, 0.717) is 11.1 Å². The number of thiol groups is 1. The fraction of sp³-hybridized carbons (Fsp3) is 0.538. The number of rotatable bonds is 4. The fourth-order valence-electron chi connectivity index (χ4n) is 2.37. The van der Waals surface area contributed by atoms with Crippen LogP contribution in [0.2, 0.25) is 0 Å². The van der Waals surface area contributed by atoms with Gasteiger partial charge in [-0.15, -0.1) is 0 Å².